The Balaban J connectivity index is 2.07. The number of nitrogens with one attached hydrogen (secondary N) is 1. The van der Waals surface area contributed by atoms with E-state index in [2.05, 4.69) is 21.2 Å². The van der Waals surface area contributed by atoms with Gasteiger partial charge >= 0.3 is 5.97 Å². The molecule has 5 nitrogen and oxygen atoms in total. The number of rotatable bonds is 4. The second kappa shape index (κ2) is 6.11. The highest BCUT2D eigenvalue weighted by atomic mass is 79.9. The highest BCUT2D eigenvalue weighted by molar-refractivity contribution is 9.10. The number of nitrogens with zero attached hydrogens (tertiary/aromatic N) is 1. The third-order valence-corrected chi connectivity index (χ3v) is 3.80. The SMILES string of the molecule is O=C(Cn1cccc1C(=O)O)Nc1ccc(Br)c(Cl)c1. The van der Waals surface area contributed by atoms with Crippen molar-refractivity contribution in [2.45, 2.75) is 6.54 Å². The molecular weight excluding hydrogens is 348 g/mol. The first-order valence-electron chi connectivity index (χ1n) is 5.60. The van der Waals surface area contributed by atoms with Crippen LogP contribution in [0.25, 0.3) is 0 Å². The molecule has 7 heteroatoms. The van der Waals surface area contributed by atoms with Gasteiger partial charge in [-0.15, -0.1) is 0 Å². The van der Waals surface area contributed by atoms with Crippen molar-refractivity contribution in [3.63, 3.8) is 0 Å². The minimum atomic E-state index is -1.07. The Bertz CT molecular complexity index is 669. The van der Waals surface area contributed by atoms with Crippen molar-refractivity contribution >= 4 is 45.1 Å². The zero-order valence-corrected chi connectivity index (χ0v) is 12.5. The lowest BCUT2D eigenvalue weighted by Gasteiger charge is -2.08. The summed E-state index contributed by atoms with van der Waals surface area (Å²) in [4.78, 5) is 22.8. The van der Waals surface area contributed by atoms with Crippen molar-refractivity contribution in [1.29, 1.82) is 0 Å². The van der Waals surface area contributed by atoms with E-state index in [1.165, 1.54) is 16.8 Å². The Morgan fingerprint density at radius 2 is 2.10 bits per heavy atom. The molecule has 2 N–H and O–H groups in total. The minimum absolute atomic E-state index is 0.0639. The summed E-state index contributed by atoms with van der Waals surface area (Å²) in [7, 11) is 0. The lowest BCUT2D eigenvalue weighted by Crippen LogP contribution is -2.20. The molecular formula is C13H10BrClN2O3. The fourth-order valence-corrected chi connectivity index (χ4v) is 2.10. The Morgan fingerprint density at radius 1 is 1.35 bits per heavy atom. The van der Waals surface area contributed by atoms with Gasteiger partial charge in [-0.25, -0.2) is 4.79 Å². The zero-order valence-electron chi connectivity index (χ0n) is 10.1. The highest BCUT2D eigenvalue weighted by Crippen LogP contribution is 2.25. The summed E-state index contributed by atoms with van der Waals surface area (Å²) in [5, 5.41) is 12.1. The first kappa shape index (κ1) is 14.6. The van der Waals surface area contributed by atoms with Gasteiger partial charge in [0.1, 0.15) is 12.2 Å². The van der Waals surface area contributed by atoms with Crippen molar-refractivity contribution in [2.75, 3.05) is 5.32 Å². The van der Waals surface area contributed by atoms with E-state index >= 15 is 0 Å². The average molecular weight is 358 g/mol. The van der Waals surface area contributed by atoms with Crippen LogP contribution in [0.1, 0.15) is 10.5 Å². The number of carboxylic acids is 1. The standard InChI is InChI=1S/C13H10BrClN2O3/c14-9-4-3-8(6-10(9)15)16-12(18)7-17-5-1-2-11(17)13(19)20/h1-6H,7H2,(H,16,18)(H,19,20). The monoisotopic (exact) mass is 356 g/mol. The van der Waals surface area contributed by atoms with Gasteiger partial charge in [-0.05, 0) is 46.3 Å². The third-order valence-electron chi connectivity index (χ3n) is 2.57. The molecule has 0 radical (unpaired) electrons. The van der Waals surface area contributed by atoms with Gasteiger partial charge in [-0.1, -0.05) is 11.6 Å². The zero-order chi connectivity index (χ0) is 14.7. The maximum Gasteiger partial charge on any atom is 0.352 e. The van der Waals surface area contributed by atoms with Crippen LogP contribution >= 0.6 is 27.5 Å². The molecule has 0 aliphatic carbocycles. The molecule has 1 aromatic heterocycles. The Morgan fingerprint density at radius 3 is 2.75 bits per heavy atom. The molecule has 0 bridgehead atoms. The quantitative estimate of drug-likeness (QED) is 0.882. The van der Waals surface area contributed by atoms with Crippen LogP contribution in [0.3, 0.4) is 0 Å². The van der Waals surface area contributed by atoms with Crippen LogP contribution < -0.4 is 5.32 Å². The summed E-state index contributed by atoms with van der Waals surface area (Å²) in [6, 6.07) is 8.04. The predicted molar refractivity (Wildman–Crippen MR) is 79.2 cm³/mol. The molecule has 0 spiro atoms. The molecule has 0 aliphatic heterocycles. The van der Waals surface area contributed by atoms with E-state index in [4.69, 9.17) is 16.7 Å². The van der Waals surface area contributed by atoms with E-state index in [1.807, 2.05) is 0 Å². The molecule has 104 valence electrons. The maximum absolute atomic E-state index is 11.9. The molecule has 0 saturated carbocycles. The molecule has 2 rings (SSSR count). The maximum atomic E-state index is 11.9. The predicted octanol–water partition coefficient (Wildman–Crippen LogP) is 3.24. The Labute approximate surface area is 128 Å². The van der Waals surface area contributed by atoms with Gasteiger partial charge in [-0.2, -0.15) is 0 Å². The van der Waals surface area contributed by atoms with Gasteiger partial charge in [0.05, 0.1) is 5.02 Å². The van der Waals surface area contributed by atoms with Crippen LogP contribution in [0.5, 0.6) is 0 Å². The normalized spacial score (nSPS) is 10.3. The molecule has 1 amide bonds. The van der Waals surface area contributed by atoms with Crippen LogP contribution in [-0.4, -0.2) is 21.6 Å². The lowest BCUT2D eigenvalue weighted by molar-refractivity contribution is -0.116. The van der Waals surface area contributed by atoms with Gasteiger partial charge in [0.2, 0.25) is 5.91 Å². The number of hydrogen-bond acceptors (Lipinski definition) is 2. The third kappa shape index (κ3) is 3.40. The first-order valence-corrected chi connectivity index (χ1v) is 6.78. The molecule has 2 aromatic rings. The number of aromatic nitrogens is 1. The first-order chi connectivity index (χ1) is 9.47. The molecule has 1 heterocycles. The number of anilines is 1. The van der Waals surface area contributed by atoms with Crippen LogP contribution in [0.2, 0.25) is 5.02 Å². The second-order valence-corrected chi connectivity index (χ2v) is 5.27. The van der Waals surface area contributed by atoms with Gasteiger partial charge in [0.15, 0.2) is 0 Å². The van der Waals surface area contributed by atoms with Crippen molar-refractivity contribution < 1.29 is 14.7 Å². The second-order valence-electron chi connectivity index (χ2n) is 4.00. The highest BCUT2D eigenvalue weighted by Gasteiger charge is 2.12. The number of halogens is 2. The van der Waals surface area contributed by atoms with E-state index in [0.717, 1.165) is 4.47 Å². The number of carboxylic acid groups (broad SMARTS) is 1. The number of carbonyl (C=O) groups is 2. The smallest absolute Gasteiger partial charge is 0.352 e. The molecule has 0 aliphatic rings. The van der Waals surface area contributed by atoms with E-state index in [-0.39, 0.29) is 18.1 Å². The molecule has 0 fully saturated rings. The van der Waals surface area contributed by atoms with E-state index in [1.54, 1.807) is 24.3 Å². The number of carbonyl (C=O) groups excluding carboxylic acids is 1. The van der Waals surface area contributed by atoms with Crippen molar-refractivity contribution in [2.24, 2.45) is 0 Å². The van der Waals surface area contributed by atoms with Gasteiger partial charge in [0, 0.05) is 16.4 Å². The Kier molecular flexibility index (Phi) is 4.46. The molecule has 0 saturated heterocycles. The Hall–Kier alpha value is -1.79. The summed E-state index contributed by atoms with van der Waals surface area (Å²) in [6.07, 6.45) is 1.54. The van der Waals surface area contributed by atoms with Crippen molar-refractivity contribution in [3.05, 3.63) is 51.7 Å². The van der Waals surface area contributed by atoms with Gasteiger partial charge < -0.3 is 15.0 Å². The van der Waals surface area contributed by atoms with E-state index < -0.39 is 5.97 Å². The topological polar surface area (TPSA) is 71.3 Å². The summed E-state index contributed by atoms with van der Waals surface area (Å²) < 4.78 is 2.09. The summed E-state index contributed by atoms with van der Waals surface area (Å²) in [5.74, 6) is -1.41. The number of aromatic carboxylic acids is 1. The summed E-state index contributed by atoms with van der Waals surface area (Å²) in [5.41, 5.74) is 0.612. The molecule has 1 aromatic carbocycles. The number of hydrogen-bond donors (Lipinski definition) is 2. The number of benzene rings is 1. The van der Waals surface area contributed by atoms with Crippen molar-refractivity contribution in [1.82, 2.24) is 4.57 Å². The molecule has 20 heavy (non-hydrogen) atoms. The van der Waals surface area contributed by atoms with Crippen LogP contribution in [0.4, 0.5) is 5.69 Å². The summed E-state index contributed by atoms with van der Waals surface area (Å²) >= 11 is 9.18. The van der Waals surface area contributed by atoms with E-state index in [9.17, 15) is 9.59 Å². The molecule has 0 atom stereocenters. The summed E-state index contributed by atoms with van der Waals surface area (Å²) in [6.45, 7) is -0.0810. The van der Waals surface area contributed by atoms with Crippen LogP contribution in [0, 0.1) is 0 Å². The molecule has 0 unspecified atom stereocenters. The van der Waals surface area contributed by atoms with Gasteiger partial charge in [0.25, 0.3) is 0 Å². The fourth-order valence-electron chi connectivity index (χ4n) is 1.68. The van der Waals surface area contributed by atoms with Crippen LogP contribution in [-0.2, 0) is 11.3 Å². The van der Waals surface area contributed by atoms with Gasteiger partial charge in [-0.3, -0.25) is 4.79 Å². The minimum Gasteiger partial charge on any atom is -0.477 e. The van der Waals surface area contributed by atoms with Crippen LogP contribution in [0.15, 0.2) is 41.0 Å². The van der Waals surface area contributed by atoms with Crippen molar-refractivity contribution in [3.8, 4) is 0 Å². The largest absolute Gasteiger partial charge is 0.477 e. The average Bonchev–Trinajstić information content (AvgIpc) is 2.82. The number of amides is 1. The lowest BCUT2D eigenvalue weighted by atomic mass is 10.3. The fraction of sp³-hybridized carbons (Fsp3) is 0.0769. The van der Waals surface area contributed by atoms with E-state index in [0.29, 0.717) is 10.7 Å².